The van der Waals surface area contributed by atoms with Crippen LogP contribution < -0.4 is 0 Å². The molecule has 0 saturated heterocycles. The minimum atomic E-state index is 0.221. The molecule has 0 unspecified atom stereocenters. The minimum Gasteiger partial charge on any atom is -0.260 e. The highest BCUT2D eigenvalue weighted by atomic mass is 28.2. The van der Waals surface area contributed by atoms with Crippen LogP contribution in [0.4, 0.5) is 0 Å². The molecule has 0 amide bonds. The second kappa shape index (κ2) is 16.2. The second-order valence-electron chi connectivity index (χ2n) is 1.26. The predicted molar refractivity (Wildman–Crippen MR) is 44.0 cm³/mol. The molecule has 0 fully saturated rings. The van der Waals surface area contributed by atoms with Gasteiger partial charge in [0, 0.05) is 0 Å². The van der Waals surface area contributed by atoms with Crippen molar-refractivity contribution in [2.45, 2.75) is 0 Å². The third-order valence-corrected chi connectivity index (χ3v) is 0.727. The van der Waals surface area contributed by atoms with E-state index in [9.17, 15) is 9.59 Å². The van der Waals surface area contributed by atoms with Gasteiger partial charge in [0.1, 0.15) is 0 Å². The number of carbonyl (C=O) groups excluding carboxylic acids is 3. The van der Waals surface area contributed by atoms with E-state index in [0.717, 1.165) is 0 Å². The van der Waals surface area contributed by atoms with Gasteiger partial charge >= 0.3 is 0 Å². The summed E-state index contributed by atoms with van der Waals surface area (Å²) in [7, 11) is 0.591. The molecule has 0 atom stereocenters. The molecule has 0 aliphatic rings. The Morgan fingerprint density at radius 1 is 0.917 bits per heavy atom. The number of hydrogen-bond donors (Lipinski definition) is 0. The predicted octanol–water partition coefficient (Wildman–Crippen LogP) is -1.74. The molecule has 0 radical (unpaired) electrons. The highest BCUT2D eigenvalue weighted by Gasteiger charge is 1.73. The fourth-order valence-electron chi connectivity index (χ4n) is 0.191. The first-order valence-electron chi connectivity index (χ1n) is 2.86. The highest BCUT2D eigenvalue weighted by molar-refractivity contribution is 6.07. The molecule has 7 heteroatoms. The first kappa shape index (κ1) is 13.0. The van der Waals surface area contributed by atoms with Gasteiger partial charge in [-0.25, -0.2) is 24.4 Å². The van der Waals surface area contributed by atoms with Gasteiger partial charge in [-0.3, -0.25) is 4.66 Å². The average molecular weight is 185 g/mol. The summed E-state index contributed by atoms with van der Waals surface area (Å²) in [5, 5.41) is 0. The van der Waals surface area contributed by atoms with E-state index < -0.39 is 0 Å². The minimum absolute atomic E-state index is 0.221. The Kier molecular flexibility index (Phi) is 17.5. The summed E-state index contributed by atoms with van der Waals surface area (Å²) < 4.78 is 3.07. The van der Waals surface area contributed by atoms with Crippen molar-refractivity contribution in [1.29, 1.82) is 0 Å². The SMILES string of the molecule is O=C=NCCN=C=O.O=C=N[SiH3]. The summed E-state index contributed by atoms with van der Waals surface area (Å²) in [6, 6.07) is 0. The van der Waals surface area contributed by atoms with E-state index in [1.807, 2.05) is 0 Å². The molecule has 0 aromatic heterocycles. The summed E-state index contributed by atoms with van der Waals surface area (Å²) in [4.78, 5) is 33.9. The number of aliphatic imine (C=N–C) groups is 2. The van der Waals surface area contributed by atoms with E-state index >= 15 is 0 Å². The standard InChI is InChI=1S/C4H4N2O2.CH3NOSi/c7-3-5-1-2-6-4-8;3-1-2-4/h1-2H2;4H3. The van der Waals surface area contributed by atoms with Crippen LogP contribution in [-0.2, 0) is 14.4 Å². The molecule has 0 spiro atoms. The first-order valence-corrected chi connectivity index (χ1v) is 3.76. The zero-order valence-corrected chi connectivity index (χ0v) is 8.48. The second-order valence-corrected chi connectivity index (χ2v) is 1.71. The van der Waals surface area contributed by atoms with Crippen LogP contribution in [-0.4, -0.2) is 41.7 Å². The van der Waals surface area contributed by atoms with Crippen molar-refractivity contribution in [2.75, 3.05) is 13.1 Å². The third kappa shape index (κ3) is 23.8. The molecule has 0 heterocycles. The molecular formula is C5H7N3O3Si. The largest absolute Gasteiger partial charge is 0.260 e. The molecule has 0 N–H and O–H groups in total. The highest BCUT2D eigenvalue weighted by Crippen LogP contribution is 1.66. The van der Waals surface area contributed by atoms with E-state index in [4.69, 9.17) is 4.79 Å². The number of nitrogens with zero attached hydrogens (tertiary/aromatic N) is 3. The quantitative estimate of drug-likeness (QED) is 0.226. The van der Waals surface area contributed by atoms with Crippen LogP contribution in [0.25, 0.3) is 0 Å². The molecule has 0 aromatic rings. The lowest BCUT2D eigenvalue weighted by molar-refractivity contribution is 0.560. The van der Waals surface area contributed by atoms with Crippen molar-refractivity contribution < 1.29 is 14.4 Å². The molecule has 0 saturated carbocycles. The smallest absolute Gasteiger partial charge is 0.235 e. The van der Waals surface area contributed by atoms with Crippen molar-refractivity contribution in [2.24, 2.45) is 14.6 Å². The Labute approximate surface area is 71.6 Å². The maximum absolute atomic E-state index is 9.34. The van der Waals surface area contributed by atoms with Gasteiger partial charge in [-0.1, -0.05) is 0 Å². The molecule has 0 bridgehead atoms. The van der Waals surface area contributed by atoms with Crippen molar-refractivity contribution in [3.63, 3.8) is 0 Å². The molecule has 0 aromatic carbocycles. The fourth-order valence-corrected chi connectivity index (χ4v) is 0.191. The van der Waals surface area contributed by atoms with Crippen LogP contribution in [0.2, 0.25) is 0 Å². The Morgan fingerprint density at radius 2 is 1.25 bits per heavy atom. The monoisotopic (exact) mass is 185 g/mol. The maximum Gasteiger partial charge on any atom is 0.235 e. The Hall–Kier alpha value is -1.64. The first-order chi connectivity index (χ1) is 5.83. The van der Waals surface area contributed by atoms with Crippen molar-refractivity contribution in [3.8, 4) is 0 Å². The number of rotatable bonds is 3. The van der Waals surface area contributed by atoms with Crippen molar-refractivity contribution in [3.05, 3.63) is 0 Å². The van der Waals surface area contributed by atoms with Gasteiger partial charge < -0.3 is 0 Å². The normalized spacial score (nSPS) is 6.00. The van der Waals surface area contributed by atoms with Gasteiger partial charge in [-0.2, -0.15) is 0 Å². The van der Waals surface area contributed by atoms with E-state index in [1.54, 1.807) is 0 Å². The summed E-state index contributed by atoms with van der Waals surface area (Å²) in [6.45, 7) is 0.442. The molecule has 0 rings (SSSR count). The lowest BCUT2D eigenvalue weighted by Gasteiger charge is -1.74. The Morgan fingerprint density at radius 3 is 1.42 bits per heavy atom. The van der Waals surface area contributed by atoms with Crippen LogP contribution in [0.1, 0.15) is 0 Å². The third-order valence-electron chi connectivity index (χ3n) is 0.544. The fraction of sp³-hybridized carbons (Fsp3) is 0.400. The van der Waals surface area contributed by atoms with E-state index in [-0.39, 0.29) is 13.1 Å². The van der Waals surface area contributed by atoms with E-state index in [1.165, 1.54) is 18.2 Å². The number of hydrogen-bond acceptors (Lipinski definition) is 6. The molecular weight excluding hydrogens is 178 g/mol. The van der Waals surface area contributed by atoms with Gasteiger partial charge in [0.25, 0.3) is 0 Å². The van der Waals surface area contributed by atoms with Gasteiger partial charge in [0.05, 0.1) is 13.1 Å². The Bertz CT molecular complexity index is 218. The maximum atomic E-state index is 9.34. The van der Waals surface area contributed by atoms with E-state index in [2.05, 4.69) is 14.6 Å². The molecule has 12 heavy (non-hydrogen) atoms. The summed E-state index contributed by atoms with van der Waals surface area (Å²) in [5.41, 5.74) is 0. The lowest BCUT2D eigenvalue weighted by Crippen LogP contribution is -1.82. The van der Waals surface area contributed by atoms with E-state index in [0.29, 0.717) is 10.4 Å². The van der Waals surface area contributed by atoms with Crippen LogP contribution in [0.5, 0.6) is 0 Å². The summed E-state index contributed by atoms with van der Waals surface area (Å²) in [6.07, 6.45) is 3.99. The van der Waals surface area contributed by atoms with Gasteiger partial charge in [0.2, 0.25) is 18.2 Å². The van der Waals surface area contributed by atoms with Crippen molar-refractivity contribution >= 4 is 28.6 Å². The average Bonchev–Trinajstić information content (AvgIpc) is 2.13. The van der Waals surface area contributed by atoms with Crippen LogP contribution in [0, 0.1) is 0 Å². The van der Waals surface area contributed by atoms with Crippen LogP contribution >= 0.6 is 0 Å². The van der Waals surface area contributed by atoms with Gasteiger partial charge in [0.15, 0.2) is 10.4 Å². The number of isocyanates is 3. The van der Waals surface area contributed by atoms with Crippen molar-refractivity contribution in [1.82, 2.24) is 0 Å². The summed E-state index contributed by atoms with van der Waals surface area (Å²) >= 11 is 0. The van der Waals surface area contributed by atoms with Crippen LogP contribution in [0.15, 0.2) is 14.6 Å². The summed E-state index contributed by atoms with van der Waals surface area (Å²) in [5.74, 6) is 0. The van der Waals surface area contributed by atoms with Gasteiger partial charge in [-0.05, 0) is 0 Å². The van der Waals surface area contributed by atoms with Gasteiger partial charge in [-0.15, -0.1) is 0 Å². The molecule has 0 aliphatic carbocycles. The molecule has 64 valence electrons. The molecule has 0 aliphatic heterocycles. The Balaban J connectivity index is 0. The van der Waals surface area contributed by atoms with Crippen LogP contribution in [0.3, 0.4) is 0 Å². The zero-order valence-electron chi connectivity index (χ0n) is 6.48. The lowest BCUT2D eigenvalue weighted by atomic mass is 10.7. The zero-order chi connectivity index (χ0) is 9.66. The molecule has 6 nitrogen and oxygen atoms in total. The topological polar surface area (TPSA) is 88.3 Å².